The summed E-state index contributed by atoms with van der Waals surface area (Å²) in [7, 11) is 0. The molecule has 0 saturated heterocycles. The molecule has 0 aliphatic heterocycles. The molecule has 5 heteroatoms. The fourth-order valence-corrected chi connectivity index (χ4v) is 2.27. The van der Waals surface area contributed by atoms with E-state index in [-0.39, 0.29) is 5.69 Å². The molecule has 0 fully saturated rings. The van der Waals surface area contributed by atoms with E-state index in [2.05, 4.69) is 0 Å². The Kier molecular flexibility index (Phi) is 4.06. The van der Waals surface area contributed by atoms with Crippen LogP contribution in [0.3, 0.4) is 0 Å². The molecule has 0 atom stereocenters. The van der Waals surface area contributed by atoms with Crippen molar-refractivity contribution in [2.75, 3.05) is 6.26 Å². The van der Waals surface area contributed by atoms with Crippen molar-refractivity contribution in [2.24, 2.45) is 0 Å². The molecule has 0 aliphatic rings. The van der Waals surface area contributed by atoms with Crippen molar-refractivity contribution in [3.05, 3.63) is 58.1 Å². The Balaban J connectivity index is 2.16. The first-order chi connectivity index (χ1) is 9.10. The van der Waals surface area contributed by atoms with Gasteiger partial charge in [0.2, 0.25) is 0 Å². The Bertz CT molecular complexity index is 596. The number of nitro groups is 1. The van der Waals surface area contributed by atoms with Gasteiger partial charge >= 0.3 is 0 Å². The van der Waals surface area contributed by atoms with Gasteiger partial charge in [-0.25, -0.2) is 0 Å². The number of hydrogen-bond acceptors (Lipinski definition) is 4. The fraction of sp³-hybridized carbons (Fsp3) is 0.143. The number of rotatable bonds is 4. The molecule has 19 heavy (non-hydrogen) atoms. The first kappa shape index (κ1) is 13.4. The van der Waals surface area contributed by atoms with E-state index in [1.807, 2.05) is 31.4 Å². The van der Waals surface area contributed by atoms with Crippen LogP contribution in [0.4, 0.5) is 5.69 Å². The van der Waals surface area contributed by atoms with Crippen molar-refractivity contribution >= 4 is 17.4 Å². The highest BCUT2D eigenvalue weighted by Crippen LogP contribution is 2.28. The standard InChI is InChI=1S/C14H13NO3S/c1-10-9-13(7-8-14(10)19-2)18-12-5-3-11(4-6-12)15(16)17/h3-9H,1-2H3. The molecule has 0 heterocycles. The van der Waals surface area contributed by atoms with Crippen LogP contribution in [-0.2, 0) is 0 Å². The van der Waals surface area contributed by atoms with E-state index >= 15 is 0 Å². The van der Waals surface area contributed by atoms with Gasteiger partial charge in [-0.05, 0) is 49.1 Å². The maximum atomic E-state index is 10.5. The van der Waals surface area contributed by atoms with Crippen molar-refractivity contribution in [3.8, 4) is 11.5 Å². The van der Waals surface area contributed by atoms with Crippen LogP contribution in [0.2, 0.25) is 0 Å². The summed E-state index contributed by atoms with van der Waals surface area (Å²) in [5.74, 6) is 1.31. The van der Waals surface area contributed by atoms with Gasteiger partial charge in [0, 0.05) is 17.0 Å². The molecule has 0 aromatic heterocycles. The van der Waals surface area contributed by atoms with E-state index in [1.165, 1.54) is 17.0 Å². The Labute approximate surface area is 115 Å². The first-order valence-corrected chi connectivity index (χ1v) is 6.89. The third-order valence-electron chi connectivity index (χ3n) is 2.65. The van der Waals surface area contributed by atoms with Crippen molar-refractivity contribution in [1.82, 2.24) is 0 Å². The minimum atomic E-state index is -0.429. The molecule has 0 saturated carbocycles. The van der Waals surface area contributed by atoms with E-state index < -0.39 is 4.92 Å². The molecule has 0 N–H and O–H groups in total. The molecule has 2 rings (SSSR count). The molecule has 4 nitrogen and oxygen atoms in total. The summed E-state index contributed by atoms with van der Waals surface area (Å²) < 4.78 is 5.66. The molecule has 2 aromatic rings. The van der Waals surface area contributed by atoms with Gasteiger partial charge in [-0.15, -0.1) is 11.8 Å². The number of non-ortho nitro benzene ring substituents is 1. The summed E-state index contributed by atoms with van der Waals surface area (Å²) in [4.78, 5) is 11.3. The van der Waals surface area contributed by atoms with Crippen LogP contribution in [0, 0.1) is 17.0 Å². The smallest absolute Gasteiger partial charge is 0.269 e. The molecular weight excluding hydrogens is 262 g/mol. The lowest BCUT2D eigenvalue weighted by atomic mass is 10.2. The molecule has 0 radical (unpaired) electrons. The summed E-state index contributed by atoms with van der Waals surface area (Å²) >= 11 is 1.69. The highest BCUT2D eigenvalue weighted by molar-refractivity contribution is 7.98. The van der Waals surface area contributed by atoms with Gasteiger partial charge in [0.15, 0.2) is 0 Å². The van der Waals surface area contributed by atoms with Gasteiger partial charge in [-0.2, -0.15) is 0 Å². The number of ether oxygens (including phenoxy) is 1. The average molecular weight is 275 g/mol. The number of benzene rings is 2. The quantitative estimate of drug-likeness (QED) is 0.471. The zero-order valence-corrected chi connectivity index (χ0v) is 11.4. The van der Waals surface area contributed by atoms with E-state index in [4.69, 9.17) is 4.74 Å². The Morgan fingerprint density at radius 2 is 1.74 bits per heavy atom. The third kappa shape index (κ3) is 3.26. The minimum absolute atomic E-state index is 0.0567. The van der Waals surface area contributed by atoms with Crippen molar-refractivity contribution < 1.29 is 9.66 Å². The van der Waals surface area contributed by atoms with Gasteiger partial charge < -0.3 is 4.74 Å². The Morgan fingerprint density at radius 1 is 1.11 bits per heavy atom. The maximum absolute atomic E-state index is 10.5. The number of nitro benzene ring substituents is 1. The van der Waals surface area contributed by atoms with Crippen molar-refractivity contribution in [3.63, 3.8) is 0 Å². The van der Waals surface area contributed by atoms with Gasteiger partial charge in [-0.3, -0.25) is 10.1 Å². The highest BCUT2D eigenvalue weighted by atomic mass is 32.2. The van der Waals surface area contributed by atoms with Crippen molar-refractivity contribution in [1.29, 1.82) is 0 Å². The topological polar surface area (TPSA) is 52.4 Å². The van der Waals surface area contributed by atoms with E-state index in [1.54, 1.807) is 23.9 Å². The second kappa shape index (κ2) is 5.75. The Morgan fingerprint density at radius 3 is 2.26 bits per heavy atom. The van der Waals surface area contributed by atoms with Crippen LogP contribution in [0.15, 0.2) is 47.4 Å². The van der Waals surface area contributed by atoms with Crippen LogP contribution < -0.4 is 4.74 Å². The summed E-state index contributed by atoms with van der Waals surface area (Å²) in [5, 5.41) is 10.5. The number of nitrogens with zero attached hydrogens (tertiary/aromatic N) is 1. The zero-order chi connectivity index (χ0) is 13.8. The molecule has 0 aliphatic carbocycles. The minimum Gasteiger partial charge on any atom is -0.457 e. The monoisotopic (exact) mass is 275 g/mol. The fourth-order valence-electron chi connectivity index (χ4n) is 1.69. The predicted octanol–water partition coefficient (Wildman–Crippen LogP) is 4.42. The lowest BCUT2D eigenvalue weighted by Crippen LogP contribution is -1.89. The summed E-state index contributed by atoms with van der Waals surface area (Å²) in [6, 6.07) is 11.9. The van der Waals surface area contributed by atoms with Gasteiger partial charge in [-0.1, -0.05) is 0 Å². The summed E-state index contributed by atoms with van der Waals surface area (Å²) in [6.07, 6.45) is 2.03. The van der Waals surface area contributed by atoms with E-state index in [0.717, 1.165) is 11.3 Å². The maximum Gasteiger partial charge on any atom is 0.269 e. The molecule has 0 amide bonds. The SMILES string of the molecule is CSc1ccc(Oc2ccc([N+](=O)[O-])cc2)cc1C. The van der Waals surface area contributed by atoms with E-state index in [9.17, 15) is 10.1 Å². The third-order valence-corrected chi connectivity index (χ3v) is 3.55. The number of hydrogen-bond donors (Lipinski definition) is 0. The van der Waals surface area contributed by atoms with E-state index in [0.29, 0.717) is 5.75 Å². The average Bonchev–Trinajstić information content (AvgIpc) is 2.39. The van der Waals surface area contributed by atoms with Crippen LogP contribution >= 0.6 is 11.8 Å². The van der Waals surface area contributed by atoms with Gasteiger partial charge in [0.05, 0.1) is 4.92 Å². The molecular formula is C14H13NO3S. The van der Waals surface area contributed by atoms with Gasteiger partial charge in [0.25, 0.3) is 5.69 Å². The lowest BCUT2D eigenvalue weighted by Gasteiger charge is -2.08. The first-order valence-electron chi connectivity index (χ1n) is 5.67. The zero-order valence-electron chi connectivity index (χ0n) is 10.6. The van der Waals surface area contributed by atoms with Gasteiger partial charge in [0.1, 0.15) is 11.5 Å². The predicted molar refractivity (Wildman–Crippen MR) is 76.1 cm³/mol. The van der Waals surface area contributed by atoms with Crippen LogP contribution in [0.5, 0.6) is 11.5 Å². The van der Waals surface area contributed by atoms with Crippen LogP contribution in [0.1, 0.15) is 5.56 Å². The molecule has 0 spiro atoms. The largest absolute Gasteiger partial charge is 0.457 e. The van der Waals surface area contributed by atoms with Crippen LogP contribution in [0.25, 0.3) is 0 Å². The summed E-state index contributed by atoms with van der Waals surface area (Å²) in [5.41, 5.74) is 1.20. The lowest BCUT2D eigenvalue weighted by molar-refractivity contribution is -0.384. The highest BCUT2D eigenvalue weighted by Gasteiger charge is 2.06. The van der Waals surface area contributed by atoms with Crippen LogP contribution in [-0.4, -0.2) is 11.2 Å². The summed E-state index contributed by atoms with van der Waals surface area (Å²) in [6.45, 7) is 2.02. The normalized spacial score (nSPS) is 10.2. The number of thioether (sulfide) groups is 1. The molecule has 0 bridgehead atoms. The molecule has 2 aromatic carbocycles. The Hall–Kier alpha value is -2.01. The second-order valence-corrected chi connectivity index (χ2v) is 4.83. The number of aryl methyl sites for hydroxylation is 1. The van der Waals surface area contributed by atoms with Crippen molar-refractivity contribution in [2.45, 2.75) is 11.8 Å². The molecule has 98 valence electrons. The molecule has 0 unspecified atom stereocenters. The second-order valence-electron chi connectivity index (χ2n) is 3.98.